The summed E-state index contributed by atoms with van der Waals surface area (Å²) in [4.78, 5) is 34.8. The highest BCUT2D eigenvalue weighted by Crippen LogP contribution is 2.21. The first-order valence-corrected chi connectivity index (χ1v) is 7.74. The third-order valence-corrected chi connectivity index (χ3v) is 3.66. The Morgan fingerprint density at radius 3 is 2.22 bits per heavy atom. The minimum Gasteiger partial charge on any atom is -0.451 e. The topological polar surface area (TPSA) is 95.7 Å². The van der Waals surface area contributed by atoms with Crippen molar-refractivity contribution >= 4 is 17.4 Å². The van der Waals surface area contributed by atoms with Crippen molar-refractivity contribution in [2.24, 2.45) is 0 Å². The maximum atomic E-state index is 12.3. The van der Waals surface area contributed by atoms with E-state index < -0.39 is 29.4 Å². The predicted octanol–water partition coefficient (Wildman–Crippen LogP) is 3.93. The average molecular weight is 379 g/mol. The van der Waals surface area contributed by atoms with E-state index in [-0.39, 0.29) is 22.6 Å². The Hall–Kier alpha value is -3.36. The van der Waals surface area contributed by atoms with Gasteiger partial charge < -0.3 is 9.47 Å². The monoisotopic (exact) mass is 379 g/mol. The van der Waals surface area contributed by atoms with E-state index in [0.717, 1.165) is 6.07 Å². The molecule has 0 saturated heterocycles. The van der Waals surface area contributed by atoms with Gasteiger partial charge in [0.25, 0.3) is 5.69 Å². The number of alkyl halides is 2. The first kappa shape index (κ1) is 20.0. The van der Waals surface area contributed by atoms with Gasteiger partial charge in [-0.05, 0) is 44.2 Å². The molecule has 0 aliphatic rings. The summed E-state index contributed by atoms with van der Waals surface area (Å²) < 4.78 is 33.5. The molecule has 2 aromatic carbocycles. The van der Waals surface area contributed by atoms with Crippen LogP contribution < -0.4 is 4.74 Å². The third-order valence-electron chi connectivity index (χ3n) is 3.66. The fourth-order valence-electron chi connectivity index (χ4n) is 2.25. The molecule has 27 heavy (non-hydrogen) atoms. The molecule has 0 amide bonds. The molecule has 0 bridgehead atoms. The number of carbonyl (C=O) groups excluding carboxylic acids is 2. The van der Waals surface area contributed by atoms with Crippen LogP contribution in [0.2, 0.25) is 0 Å². The summed E-state index contributed by atoms with van der Waals surface area (Å²) in [5.41, 5.74) is 0.212. The number of rotatable bonds is 7. The minimum atomic E-state index is -2.98. The second kappa shape index (κ2) is 8.35. The fourth-order valence-corrected chi connectivity index (χ4v) is 2.25. The maximum absolute atomic E-state index is 12.3. The third kappa shape index (κ3) is 5.06. The summed E-state index contributed by atoms with van der Waals surface area (Å²) in [5.74, 6) is -1.57. The summed E-state index contributed by atoms with van der Waals surface area (Å²) in [5, 5.41) is 10.9. The van der Waals surface area contributed by atoms with Crippen LogP contribution in [-0.4, -0.2) is 29.4 Å². The molecule has 0 unspecified atom stereocenters. The van der Waals surface area contributed by atoms with E-state index in [4.69, 9.17) is 4.74 Å². The molecule has 0 aliphatic heterocycles. The smallest absolute Gasteiger partial charge is 0.387 e. The second-order valence-corrected chi connectivity index (χ2v) is 5.57. The van der Waals surface area contributed by atoms with Crippen LogP contribution in [0.25, 0.3) is 0 Å². The molecule has 0 aromatic heterocycles. The number of ketones is 1. The molecule has 2 rings (SSSR count). The number of nitrogens with zero attached hydrogens (tertiary/aromatic N) is 1. The molecule has 0 radical (unpaired) electrons. The van der Waals surface area contributed by atoms with E-state index in [2.05, 4.69) is 4.74 Å². The van der Waals surface area contributed by atoms with Gasteiger partial charge in [0.05, 0.1) is 10.5 Å². The molecule has 9 heteroatoms. The van der Waals surface area contributed by atoms with Gasteiger partial charge in [-0.2, -0.15) is 8.78 Å². The van der Waals surface area contributed by atoms with Gasteiger partial charge in [-0.15, -0.1) is 0 Å². The predicted molar refractivity (Wildman–Crippen MR) is 90.1 cm³/mol. The van der Waals surface area contributed by atoms with Gasteiger partial charge in [-0.25, -0.2) is 4.79 Å². The van der Waals surface area contributed by atoms with E-state index >= 15 is 0 Å². The Morgan fingerprint density at radius 1 is 1.07 bits per heavy atom. The van der Waals surface area contributed by atoms with E-state index in [1.807, 2.05) is 0 Å². The molecule has 0 heterocycles. The molecule has 7 nitrogen and oxygen atoms in total. The number of ether oxygens (including phenoxy) is 2. The number of benzene rings is 2. The van der Waals surface area contributed by atoms with Crippen LogP contribution in [0.15, 0.2) is 42.5 Å². The van der Waals surface area contributed by atoms with Gasteiger partial charge in [0, 0.05) is 17.2 Å². The van der Waals surface area contributed by atoms with Crippen LogP contribution in [0.5, 0.6) is 5.75 Å². The number of nitro benzene ring substituents is 1. The SMILES string of the molecule is Cc1ccc(C(=O)O[C@@H](C)C(=O)c2ccc(OC(F)F)cc2)cc1[N+](=O)[O-]. The largest absolute Gasteiger partial charge is 0.451 e. The van der Waals surface area contributed by atoms with Crippen LogP contribution in [0, 0.1) is 17.0 Å². The van der Waals surface area contributed by atoms with Crippen molar-refractivity contribution in [1.29, 1.82) is 0 Å². The Bertz CT molecular complexity index is 867. The number of nitro groups is 1. The zero-order valence-electron chi connectivity index (χ0n) is 14.3. The molecule has 2 aromatic rings. The van der Waals surface area contributed by atoms with Gasteiger partial charge in [-0.3, -0.25) is 14.9 Å². The molecular formula is C18H15F2NO6. The maximum Gasteiger partial charge on any atom is 0.387 e. The summed E-state index contributed by atoms with van der Waals surface area (Å²) in [7, 11) is 0. The van der Waals surface area contributed by atoms with E-state index in [9.17, 15) is 28.5 Å². The lowest BCUT2D eigenvalue weighted by Gasteiger charge is -2.13. The molecular weight excluding hydrogens is 364 g/mol. The Kier molecular flexibility index (Phi) is 6.17. The lowest BCUT2D eigenvalue weighted by Crippen LogP contribution is -2.24. The Balaban J connectivity index is 2.08. The van der Waals surface area contributed by atoms with Crippen LogP contribution in [-0.2, 0) is 4.74 Å². The molecule has 0 N–H and O–H groups in total. The first-order chi connectivity index (χ1) is 12.7. The zero-order chi connectivity index (χ0) is 20.1. The van der Waals surface area contributed by atoms with E-state index in [1.165, 1.54) is 50.2 Å². The van der Waals surface area contributed by atoms with Gasteiger partial charge in [-0.1, -0.05) is 6.07 Å². The number of Topliss-reactive ketones (excluding diaryl/α,β-unsaturated/α-hetero) is 1. The highest BCUT2D eigenvalue weighted by atomic mass is 19.3. The summed E-state index contributed by atoms with van der Waals surface area (Å²) in [6, 6.07) is 8.75. The lowest BCUT2D eigenvalue weighted by molar-refractivity contribution is -0.385. The normalized spacial score (nSPS) is 11.7. The van der Waals surface area contributed by atoms with Crippen molar-refractivity contribution in [2.45, 2.75) is 26.6 Å². The number of esters is 1. The molecule has 0 spiro atoms. The minimum absolute atomic E-state index is 0.0624. The standard InChI is InChI=1S/C18H15F2NO6/c1-10-3-4-13(9-15(10)21(24)25)17(23)26-11(2)16(22)12-5-7-14(8-6-12)27-18(19)20/h3-9,11,18H,1-2H3/t11-/m0/s1. The molecule has 0 aliphatic carbocycles. The summed E-state index contributed by atoms with van der Waals surface area (Å²) in [6.45, 7) is -0.113. The quantitative estimate of drug-likeness (QED) is 0.313. The van der Waals surface area contributed by atoms with Gasteiger partial charge >= 0.3 is 12.6 Å². The van der Waals surface area contributed by atoms with Crippen LogP contribution in [0.1, 0.15) is 33.2 Å². The first-order valence-electron chi connectivity index (χ1n) is 7.74. The summed E-state index contributed by atoms with van der Waals surface area (Å²) in [6.07, 6.45) is -1.18. The second-order valence-electron chi connectivity index (χ2n) is 5.57. The average Bonchev–Trinajstić information content (AvgIpc) is 2.61. The van der Waals surface area contributed by atoms with Crippen molar-refractivity contribution in [3.05, 3.63) is 69.3 Å². The molecule has 0 saturated carbocycles. The lowest BCUT2D eigenvalue weighted by atomic mass is 10.1. The van der Waals surface area contributed by atoms with Gasteiger partial charge in [0.1, 0.15) is 5.75 Å². The number of hydrogen-bond acceptors (Lipinski definition) is 6. The van der Waals surface area contributed by atoms with Gasteiger partial charge in [0.2, 0.25) is 5.78 Å². The number of carbonyl (C=O) groups is 2. The highest BCUT2D eigenvalue weighted by Gasteiger charge is 2.22. The molecule has 1 atom stereocenters. The van der Waals surface area contributed by atoms with E-state index in [0.29, 0.717) is 5.56 Å². The highest BCUT2D eigenvalue weighted by molar-refractivity contribution is 6.01. The van der Waals surface area contributed by atoms with E-state index in [1.54, 1.807) is 0 Å². The molecule has 142 valence electrons. The van der Waals surface area contributed by atoms with Crippen molar-refractivity contribution in [3.8, 4) is 5.75 Å². The van der Waals surface area contributed by atoms with Crippen molar-refractivity contribution in [2.75, 3.05) is 0 Å². The van der Waals surface area contributed by atoms with Crippen molar-refractivity contribution in [3.63, 3.8) is 0 Å². The van der Waals surface area contributed by atoms with Gasteiger partial charge in [0.15, 0.2) is 6.10 Å². The van der Waals surface area contributed by atoms with Crippen molar-refractivity contribution in [1.82, 2.24) is 0 Å². The van der Waals surface area contributed by atoms with Crippen molar-refractivity contribution < 1.29 is 32.8 Å². The number of halogens is 2. The van der Waals surface area contributed by atoms with Crippen LogP contribution in [0.4, 0.5) is 14.5 Å². The molecule has 0 fully saturated rings. The number of aryl methyl sites for hydroxylation is 1. The van der Waals surface area contributed by atoms with Crippen LogP contribution in [0.3, 0.4) is 0 Å². The van der Waals surface area contributed by atoms with Crippen LogP contribution >= 0.6 is 0 Å². The Morgan fingerprint density at radius 2 is 1.67 bits per heavy atom. The fraction of sp³-hybridized carbons (Fsp3) is 0.222. The zero-order valence-corrected chi connectivity index (χ0v) is 14.3. The Labute approximate surface area is 152 Å². The summed E-state index contributed by atoms with van der Waals surface area (Å²) >= 11 is 0. The number of hydrogen-bond donors (Lipinski definition) is 0.